The van der Waals surface area contributed by atoms with E-state index in [1.54, 1.807) is 39.0 Å². The largest absolute Gasteiger partial charge is 0.454 e. The zero-order valence-corrected chi connectivity index (χ0v) is 18.0. The van der Waals surface area contributed by atoms with Crippen LogP contribution in [0.25, 0.3) is 0 Å². The summed E-state index contributed by atoms with van der Waals surface area (Å²) in [5.41, 5.74) is 0.521. The molecule has 0 aliphatic carbocycles. The van der Waals surface area contributed by atoms with Gasteiger partial charge in [-0.3, -0.25) is 4.79 Å². The second-order valence-corrected chi connectivity index (χ2v) is 8.68. The number of ether oxygens (including phenoxy) is 2. The Balaban J connectivity index is 1.89. The summed E-state index contributed by atoms with van der Waals surface area (Å²) >= 11 is 0. The van der Waals surface area contributed by atoms with Gasteiger partial charge in [0.1, 0.15) is 5.82 Å². The molecule has 0 radical (unpaired) electrons. The summed E-state index contributed by atoms with van der Waals surface area (Å²) in [6.07, 6.45) is 0. The normalized spacial score (nSPS) is 13.0. The number of carbonyl (C=O) groups is 1. The van der Waals surface area contributed by atoms with E-state index in [1.807, 2.05) is 0 Å². The van der Waals surface area contributed by atoms with Crippen LogP contribution in [0.15, 0.2) is 41.3 Å². The Bertz CT molecular complexity index is 1040. The van der Waals surface area contributed by atoms with Gasteiger partial charge in [0.25, 0.3) is 5.91 Å². The molecule has 0 aromatic heterocycles. The maximum atomic E-state index is 14.5. The van der Waals surface area contributed by atoms with Crippen molar-refractivity contribution in [2.75, 3.05) is 26.4 Å². The van der Waals surface area contributed by atoms with E-state index in [9.17, 15) is 17.6 Å². The van der Waals surface area contributed by atoms with E-state index in [2.05, 4.69) is 0 Å². The summed E-state index contributed by atoms with van der Waals surface area (Å²) in [6.45, 7) is 6.47. The Morgan fingerprint density at radius 1 is 1.00 bits per heavy atom. The molecule has 0 fully saturated rings. The minimum absolute atomic E-state index is 0.102. The second kappa shape index (κ2) is 9.01. The van der Waals surface area contributed by atoms with Gasteiger partial charge in [-0.1, -0.05) is 19.9 Å². The van der Waals surface area contributed by atoms with Crippen LogP contribution in [0.2, 0.25) is 0 Å². The van der Waals surface area contributed by atoms with Gasteiger partial charge in [0.05, 0.1) is 10.5 Å². The van der Waals surface area contributed by atoms with Crippen LogP contribution in [0.3, 0.4) is 0 Å². The van der Waals surface area contributed by atoms with Crippen molar-refractivity contribution in [2.24, 2.45) is 0 Å². The van der Waals surface area contributed by atoms with E-state index >= 15 is 0 Å². The quantitative estimate of drug-likeness (QED) is 0.635. The number of hydrogen-bond acceptors (Lipinski definition) is 5. The number of rotatable bonds is 8. The summed E-state index contributed by atoms with van der Waals surface area (Å²) in [5.74, 6) is -0.116. The predicted octanol–water partition coefficient (Wildman–Crippen LogP) is 3.25. The Morgan fingerprint density at radius 3 is 2.37 bits per heavy atom. The van der Waals surface area contributed by atoms with Crippen LogP contribution < -0.4 is 9.47 Å². The Morgan fingerprint density at radius 2 is 1.70 bits per heavy atom. The average Bonchev–Trinajstić information content (AvgIpc) is 3.20. The first-order valence-corrected chi connectivity index (χ1v) is 11.2. The van der Waals surface area contributed by atoms with Crippen molar-refractivity contribution in [1.82, 2.24) is 9.21 Å². The summed E-state index contributed by atoms with van der Waals surface area (Å²) in [6, 6.07) is 8.67. The average molecular weight is 437 g/mol. The summed E-state index contributed by atoms with van der Waals surface area (Å²) in [4.78, 5) is 14.4. The fourth-order valence-electron chi connectivity index (χ4n) is 3.30. The van der Waals surface area contributed by atoms with Crippen molar-refractivity contribution < 1.29 is 27.1 Å². The fraction of sp³-hybridized carbons (Fsp3) is 0.381. The molecule has 162 valence electrons. The van der Waals surface area contributed by atoms with Crippen LogP contribution in [0, 0.1) is 5.82 Å². The third-order valence-corrected chi connectivity index (χ3v) is 7.04. The maximum Gasteiger partial charge on any atom is 0.257 e. The molecule has 1 amide bonds. The smallest absolute Gasteiger partial charge is 0.257 e. The van der Waals surface area contributed by atoms with Crippen LogP contribution in [-0.2, 0) is 16.6 Å². The fourth-order valence-corrected chi connectivity index (χ4v) is 4.78. The van der Waals surface area contributed by atoms with Gasteiger partial charge in [0.2, 0.25) is 16.8 Å². The summed E-state index contributed by atoms with van der Waals surface area (Å²) in [7, 11) is -3.81. The highest BCUT2D eigenvalue weighted by Crippen LogP contribution is 2.33. The first-order chi connectivity index (χ1) is 14.3. The molecule has 1 heterocycles. The molecule has 0 atom stereocenters. The molecule has 0 bridgehead atoms. The van der Waals surface area contributed by atoms with E-state index in [0.717, 1.165) is 17.7 Å². The molecule has 1 aliphatic heterocycles. The molecule has 0 saturated carbocycles. The number of benzene rings is 2. The van der Waals surface area contributed by atoms with Crippen molar-refractivity contribution in [3.05, 3.63) is 53.3 Å². The molecule has 30 heavy (non-hydrogen) atoms. The molecule has 7 nitrogen and oxygen atoms in total. The van der Waals surface area contributed by atoms with Crippen LogP contribution >= 0.6 is 0 Å². The van der Waals surface area contributed by atoms with E-state index in [-0.39, 0.29) is 36.9 Å². The van der Waals surface area contributed by atoms with Crippen molar-refractivity contribution in [3.63, 3.8) is 0 Å². The van der Waals surface area contributed by atoms with Crippen molar-refractivity contribution >= 4 is 15.9 Å². The van der Waals surface area contributed by atoms with Gasteiger partial charge >= 0.3 is 0 Å². The van der Waals surface area contributed by atoms with Crippen LogP contribution in [0.5, 0.6) is 11.5 Å². The SMILES string of the molecule is CCN(Cc1ccc2c(c1)OCO2)C(=O)c1cc(S(=O)(=O)N(CC)CC)ccc1F. The van der Waals surface area contributed by atoms with E-state index in [4.69, 9.17) is 9.47 Å². The Kier molecular flexibility index (Phi) is 6.62. The highest BCUT2D eigenvalue weighted by Gasteiger charge is 2.26. The van der Waals surface area contributed by atoms with E-state index in [0.29, 0.717) is 18.0 Å². The lowest BCUT2D eigenvalue weighted by Gasteiger charge is -2.23. The number of amides is 1. The second-order valence-electron chi connectivity index (χ2n) is 6.74. The van der Waals surface area contributed by atoms with Crippen LogP contribution in [-0.4, -0.2) is 50.0 Å². The van der Waals surface area contributed by atoms with Gasteiger partial charge < -0.3 is 14.4 Å². The number of fused-ring (bicyclic) bond motifs is 1. The topological polar surface area (TPSA) is 76.1 Å². The zero-order valence-electron chi connectivity index (χ0n) is 17.2. The maximum absolute atomic E-state index is 14.5. The van der Waals surface area contributed by atoms with E-state index < -0.39 is 21.7 Å². The van der Waals surface area contributed by atoms with Crippen molar-refractivity contribution in [2.45, 2.75) is 32.2 Å². The molecule has 2 aromatic rings. The van der Waals surface area contributed by atoms with E-state index in [1.165, 1.54) is 15.3 Å². The van der Waals surface area contributed by atoms with Gasteiger partial charge in [-0.2, -0.15) is 4.31 Å². The third kappa shape index (κ3) is 4.27. The molecular weight excluding hydrogens is 411 g/mol. The monoisotopic (exact) mass is 436 g/mol. The molecular formula is C21H25FN2O5S. The molecule has 3 rings (SSSR count). The van der Waals surface area contributed by atoms with Gasteiger partial charge in [-0.05, 0) is 42.8 Å². The van der Waals surface area contributed by atoms with Crippen molar-refractivity contribution in [1.29, 1.82) is 0 Å². The number of carbonyl (C=O) groups excluding carboxylic acids is 1. The molecule has 0 spiro atoms. The zero-order chi connectivity index (χ0) is 21.9. The summed E-state index contributed by atoms with van der Waals surface area (Å²) < 4.78 is 51.9. The first kappa shape index (κ1) is 22.0. The molecule has 2 aromatic carbocycles. The minimum Gasteiger partial charge on any atom is -0.454 e. The lowest BCUT2D eigenvalue weighted by atomic mass is 10.1. The highest BCUT2D eigenvalue weighted by atomic mass is 32.2. The lowest BCUT2D eigenvalue weighted by molar-refractivity contribution is 0.0747. The first-order valence-electron chi connectivity index (χ1n) is 9.79. The molecule has 0 N–H and O–H groups in total. The Hall–Kier alpha value is -2.65. The minimum atomic E-state index is -3.81. The van der Waals surface area contributed by atoms with Crippen molar-refractivity contribution in [3.8, 4) is 11.5 Å². The van der Waals surface area contributed by atoms with Crippen LogP contribution in [0.1, 0.15) is 36.7 Å². The standard InChI is InChI=1S/C21H25FN2O5S/c1-4-23(13-15-7-10-19-20(11-15)29-14-28-19)21(25)17-12-16(8-9-18(17)22)30(26,27)24(5-2)6-3/h7-12H,4-6,13-14H2,1-3H3. The number of halogens is 1. The van der Waals surface area contributed by atoms with Gasteiger partial charge in [-0.15, -0.1) is 0 Å². The molecule has 9 heteroatoms. The Labute approximate surface area is 176 Å². The van der Waals surface area contributed by atoms with Crippen LogP contribution in [0.4, 0.5) is 4.39 Å². The van der Waals surface area contributed by atoms with Gasteiger partial charge in [0.15, 0.2) is 11.5 Å². The predicted molar refractivity (Wildman–Crippen MR) is 109 cm³/mol. The highest BCUT2D eigenvalue weighted by molar-refractivity contribution is 7.89. The number of sulfonamides is 1. The third-order valence-electron chi connectivity index (χ3n) is 4.99. The van der Waals surface area contributed by atoms with Gasteiger partial charge in [0, 0.05) is 26.2 Å². The molecule has 0 saturated heterocycles. The lowest BCUT2D eigenvalue weighted by Crippen LogP contribution is -2.32. The molecule has 1 aliphatic rings. The number of hydrogen-bond donors (Lipinski definition) is 0. The molecule has 0 unspecified atom stereocenters. The number of nitrogens with zero attached hydrogens (tertiary/aromatic N) is 2. The van der Waals surface area contributed by atoms with Gasteiger partial charge in [-0.25, -0.2) is 12.8 Å². The summed E-state index contributed by atoms with van der Waals surface area (Å²) in [5, 5.41) is 0.